The predicted molar refractivity (Wildman–Crippen MR) is 78.2 cm³/mol. The van der Waals surface area contributed by atoms with E-state index in [0.29, 0.717) is 5.56 Å². The molecule has 1 aromatic heterocycles. The Kier molecular flexibility index (Phi) is 4.41. The van der Waals surface area contributed by atoms with Crippen LogP contribution >= 0.6 is 0 Å². The summed E-state index contributed by atoms with van der Waals surface area (Å²) in [5.74, 6) is 0.342. The maximum atomic E-state index is 9.80. The van der Waals surface area contributed by atoms with Gasteiger partial charge in [0.25, 0.3) is 0 Å². The lowest BCUT2D eigenvalue weighted by atomic mass is 10.2. The Labute approximate surface area is 125 Å². The summed E-state index contributed by atoms with van der Waals surface area (Å²) >= 11 is 0. The molecule has 0 aliphatic rings. The van der Waals surface area contributed by atoms with Gasteiger partial charge >= 0.3 is 0 Å². The highest BCUT2D eigenvalue weighted by molar-refractivity contribution is 5.99. The molecule has 0 bridgehead atoms. The third-order valence-corrected chi connectivity index (χ3v) is 2.63. The number of nitrogens with zero attached hydrogens (tertiary/aromatic N) is 4. The SMILES string of the molecule is COc1cc(/C=N/N=C(/N)c2nonc2N)cc(OC)c1O. The van der Waals surface area contributed by atoms with Gasteiger partial charge in [-0.25, -0.2) is 4.63 Å². The van der Waals surface area contributed by atoms with Crippen LogP contribution in [0, 0.1) is 0 Å². The van der Waals surface area contributed by atoms with Crippen molar-refractivity contribution in [2.24, 2.45) is 15.9 Å². The second-order valence-corrected chi connectivity index (χ2v) is 4.00. The minimum absolute atomic E-state index is 0.0180. The number of nitrogens with two attached hydrogens (primary N) is 2. The first-order valence-electron chi connectivity index (χ1n) is 5.96. The van der Waals surface area contributed by atoms with E-state index in [0.717, 1.165) is 0 Å². The largest absolute Gasteiger partial charge is 0.502 e. The maximum absolute atomic E-state index is 9.80. The molecular formula is C12H14N6O4. The molecule has 22 heavy (non-hydrogen) atoms. The molecule has 0 saturated carbocycles. The zero-order chi connectivity index (χ0) is 16.1. The fourth-order valence-corrected chi connectivity index (χ4v) is 1.57. The Morgan fingerprint density at radius 3 is 2.41 bits per heavy atom. The molecule has 2 aromatic rings. The molecule has 0 radical (unpaired) electrons. The fraction of sp³-hybridized carbons (Fsp3) is 0.167. The minimum Gasteiger partial charge on any atom is -0.502 e. The number of phenols is 1. The number of anilines is 1. The molecule has 10 nitrogen and oxygen atoms in total. The highest BCUT2D eigenvalue weighted by Crippen LogP contribution is 2.36. The van der Waals surface area contributed by atoms with E-state index in [1.807, 2.05) is 0 Å². The van der Waals surface area contributed by atoms with Crippen molar-refractivity contribution in [3.63, 3.8) is 0 Å². The molecule has 0 amide bonds. The minimum atomic E-state index is -0.105. The third kappa shape index (κ3) is 3.06. The van der Waals surface area contributed by atoms with Gasteiger partial charge in [0.1, 0.15) is 0 Å². The summed E-state index contributed by atoms with van der Waals surface area (Å²) in [5.41, 5.74) is 11.8. The van der Waals surface area contributed by atoms with Gasteiger partial charge in [-0.15, -0.1) is 5.10 Å². The van der Waals surface area contributed by atoms with Gasteiger partial charge in [0, 0.05) is 5.56 Å². The molecule has 0 aliphatic heterocycles. The number of benzene rings is 1. The van der Waals surface area contributed by atoms with Crippen molar-refractivity contribution in [1.29, 1.82) is 0 Å². The van der Waals surface area contributed by atoms with E-state index < -0.39 is 0 Å². The van der Waals surface area contributed by atoms with Gasteiger partial charge < -0.3 is 26.0 Å². The van der Waals surface area contributed by atoms with E-state index >= 15 is 0 Å². The Balaban J connectivity index is 2.25. The van der Waals surface area contributed by atoms with Crippen LogP contribution in [0.5, 0.6) is 17.2 Å². The van der Waals surface area contributed by atoms with Gasteiger partial charge in [0.05, 0.1) is 20.4 Å². The van der Waals surface area contributed by atoms with E-state index in [1.54, 1.807) is 12.1 Å². The normalized spacial score (nSPS) is 11.8. The van der Waals surface area contributed by atoms with Crippen molar-refractivity contribution >= 4 is 17.9 Å². The summed E-state index contributed by atoms with van der Waals surface area (Å²) in [6, 6.07) is 3.11. The van der Waals surface area contributed by atoms with Crippen LogP contribution in [0.15, 0.2) is 27.0 Å². The van der Waals surface area contributed by atoms with E-state index in [-0.39, 0.29) is 34.6 Å². The average molecular weight is 306 g/mol. The molecule has 10 heteroatoms. The molecule has 0 atom stereocenters. The lowest BCUT2D eigenvalue weighted by Crippen LogP contribution is -2.15. The van der Waals surface area contributed by atoms with E-state index in [2.05, 4.69) is 25.1 Å². The molecule has 1 aromatic carbocycles. The van der Waals surface area contributed by atoms with E-state index in [4.69, 9.17) is 20.9 Å². The second-order valence-electron chi connectivity index (χ2n) is 4.00. The van der Waals surface area contributed by atoms with Gasteiger partial charge in [-0.05, 0) is 22.4 Å². The Hall–Kier alpha value is -3.30. The highest BCUT2D eigenvalue weighted by Gasteiger charge is 2.11. The lowest BCUT2D eigenvalue weighted by molar-refractivity contribution is 0.308. The zero-order valence-corrected chi connectivity index (χ0v) is 11.8. The van der Waals surface area contributed by atoms with Gasteiger partial charge in [-0.1, -0.05) is 0 Å². The fourth-order valence-electron chi connectivity index (χ4n) is 1.57. The molecule has 0 saturated heterocycles. The maximum Gasteiger partial charge on any atom is 0.200 e. The van der Waals surface area contributed by atoms with Gasteiger partial charge in [-0.3, -0.25) is 0 Å². The van der Waals surface area contributed by atoms with Gasteiger partial charge in [-0.2, -0.15) is 5.10 Å². The first-order valence-corrected chi connectivity index (χ1v) is 5.96. The van der Waals surface area contributed by atoms with Crippen molar-refractivity contribution < 1.29 is 19.2 Å². The lowest BCUT2D eigenvalue weighted by Gasteiger charge is -2.08. The molecule has 2 rings (SSSR count). The number of hydrogen-bond donors (Lipinski definition) is 3. The number of aromatic nitrogens is 2. The number of nitrogen functional groups attached to an aromatic ring is 1. The van der Waals surface area contributed by atoms with Crippen LogP contribution in [0.4, 0.5) is 5.82 Å². The van der Waals surface area contributed by atoms with Crippen molar-refractivity contribution in [2.75, 3.05) is 20.0 Å². The number of phenolic OH excluding ortho intramolecular Hbond substituents is 1. The summed E-state index contributed by atoms with van der Waals surface area (Å²) < 4.78 is 14.5. The monoisotopic (exact) mass is 306 g/mol. The van der Waals surface area contributed by atoms with Crippen LogP contribution < -0.4 is 20.9 Å². The average Bonchev–Trinajstić information content (AvgIpc) is 2.94. The van der Waals surface area contributed by atoms with Crippen molar-refractivity contribution in [1.82, 2.24) is 10.3 Å². The first-order chi connectivity index (χ1) is 10.6. The highest BCUT2D eigenvalue weighted by atomic mass is 16.6. The number of methoxy groups -OCH3 is 2. The van der Waals surface area contributed by atoms with Crippen molar-refractivity contribution in [2.45, 2.75) is 0 Å². The van der Waals surface area contributed by atoms with Gasteiger partial charge in [0.15, 0.2) is 28.8 Å². The van der Waals surface area contributed by atoms with Crippen LogP contribution in [0.2, 0.25) is 0 Å². The Bertz CT molecular complexity index is 699. The standard InChI is InChI=1S/C12H14N6O4/c1-20-7-3-6(4-8(21-2)10(7)19)5-15-16-11(13)9-12(14)18-22-17-9/h3-5,19H,1-2H3,(H2,13,16)(H2,14,18)/b15-5+. The second kappa shape index (κ2) is 6.43. The summed E-state index contributed by atoms with van der Waals surface area (Å²) in [5, 5.41) is 24.2. The summed E-state index contributed by atoms with van der Waals surface area (Å²) in [6.45, 7) is 0. The first kappa shape index (κ1) is 15.1. The zero-order valence-electron chi connectivity index (χ0n) is 11.8. The molecule has 0 fully saturated rings. The molecule has 0 spiro atoms. The van der Waals surface area contributed by atoms with Crippen molar-refractivity contribution in [3.05, 3.63) is 23.4 Å². The molecular weight excluding hydrogens is 292 g/mol. The van der Waals surface area contributed by atoms with Crippen LogP contribution in [-0.4, -0.2) is 41.7 Å². The molecule has 0 aliphatic carbocycles. The van der Waals surface area contributed by atoms with Crippen molar-refractivity contribution in [3.8, 4) is 17.2 Å². The summed E-state index contributed by atoms with van der Waals surface area (Å²) in [7, 11) is 2.85. The van der Waals surface area contributed by atoms with E-state index in [9.17, 15) is 5.11 Å². The Morgan fingerprint density at radius 2 is 1.91 bits per heavy atom. The van der Waals surface area contributed by atoms with Crippen LogP contribution in [-0.2, 0) is 0 Å². The number of ether oxygens (including phenoxy) is 2. The summed E-state index contributed by atoms with van der Waals surface area (Å²) in [4.78, 5) is 0. The van der Waals surface area contributed by atoms with Crippen LogP contribution in [0.3, 0.4) is 0 Å². The summed E-state index contributed by atoms with van der Waals surface area (Å²) in [6.07, 6.45) is 1.39. The predicted octanol–water partition coefficient (Wildman–Crippen LogP) is 0.114. The quantitative estimate of drug-likeness (QED) is 0.399. The van der Waals surface area contributed by atoms with Crippen LogP contribution in [0.1, 0.15) is 11.3 Å². The number of rotatable bonds is 5. The Morgan fingerprint density at radius 1 is 1.27 bits per heavy atom. The smallest absolute Gasteiger partial charge is 0.200 e. The molecule has 116 valence electrons. The van der Waals surface area contributed by atoms with Gasteiger partial charge in [0.2, 0.25) is 5.75 Å². The number of hydrogen-bond acceptors (Lipinski definition) is 9. The van der Waals surface area contributed by atoms with E-state index in [1.165, 1.54) is 20.4 Å². The third-order valence-electron chi connectivity index (χ3n) is 2.63. The number of amidine groups is 1. The molecule has 5 N–H and O–H groups in total. The molecule has 1 heterocycles. The van der Waals surface area contributed by atoms with Crippen LogP contribution in [0.25, 0.3) is 0 Å². The molecule has 0 unspecified atom stereocenters. The number of aromatic hydroxyl groups is 1. The topological polar surface area (TPSA) is 154 Å².